The Morgan fingerprint density at radius 2 is 0.870 bits per heavy atom. The molecule has 3 aromatic carbocycles. The molecule has 0 saturated heterocycles. The van der Waals surface area contributed by atoms with Gasteiger partial charge in [-0.15, -0.1) is 0 Å². The summed E-state index contributed by atoms with van der Waals surface area (Å²) in [5.41, 5.74) is 0. The summed E-state index contributed by atoms with van der Waals surface area (Å²) >= 11 is 0. The van der Waals surface area contributed by atoms with Crippen LogP contribution in [-0.2, 0) is 0 Å². The van der Waals surface area contributed by atoms with Crippen molar-refractivity contribution in [2.75, 3.05) is 0 Å². The first-order valence-electron chi connectivity index (χ1n) is 8.07. The maximum atomic E-state index is 3.95. The van der Waals surface area contributed by atoms with Gasteiger partial charge in [-0.1, -0.05) is 54.6 Å². The average molecular weight is 320 g/mol. The first kappa shape index (κ1) is 15.9. The van der Waals surface area contributed by atoms with Crippen molar-refractivity contribution < 1.29 is 0 Å². The van der Waals surface area contributed by atoms with Crippen LogP contribution in [0, 0.1) is 0 Å². The number of benzene rings is 3. The Morgan fingerprint density at radius 1 is 0.565 bits per heavy atom. The van der Waals surface area contributed by atoms with Gasteiger partial charge in [0.25, 0.3) is 0 Å². The van der Waals surface area contributed by atoms with Crippen LogP contribution in [0.5, 0.6) is 0 Å². The molecule has 0 spiro atoms. The molecule has 0 aromatic heterocycles. The van der Waals surface area contributed by atoms with Crippen molar-refractivity contribution in [3.8, 4) is 0 Å². The second-order valence-corrected chi connectivity index (χ2v) is 9.11. The van der Waals surface area contributed by atoms with E-state index in [1.54, 1.807) is 0 Å². The first-order valence-corrected chi connectivity index (χ1v) is 9.86. The number of nitrogens with one attached hydrogen (secondary N) is 1. The molecule has 2 heteroatoms. The lowest BCUT2D eigenvalue weighted by Crippen LogP contribution is -2.43. The van der Waals surface area contributed by atoms with Crippen LogP contribution < -0.4 is 21.0 Å². The molecule has 1 nitrogen and oxygen atoms in total. The highest BCUT2D eigenvalue weighted by molar-refractivity contribution is 7.94. The molecule has 0 heterocycles. The summed E-state index contributed by atoms with van der Waals surface area (Å²) in [6.07, 6.45) is 0. The minimum Gasteiger partial charge on any atom is -0.176 e. The van der Waals surface area contributed by atoms with Crippen molar-refractivity contribution >= 4 is 23.3 Å². The minimum absolute atomic E-state index is 0.393. The summed E-state index contributed by atoms with van der Waals surface area (Å²) in [7, 11) is -1.86. The van der Waals surface area contributed by atoms with E-state index in [0.717, 1.165) is 0 Å². The molecule has 0 aliphatic rings. The van der Waals surface area contributed by atoms with Crippen molar-refractivity contribution in [3.05, 3.63) is 91.0 Å². The highest BCUT2D eigenvalue weighted by atomic mass is 31.2. The highest BCUT2D eigenvalue weighted by Crippen LogP contribution is 2.51. The van der Waals surface area contributed by atoms with E-state index in [9.17, 15) is 0 Å². The van der Waals surface area contributed by atoms with Crippen molar-refractivity contribution in [1.29, 1.82) is 0 Å². The van der Waals surface area contributed by atoms with E-state index in [1.807, 2.05) is 0 Å². The quantitative estimate of drug-likeness (QED) is 0.703. The summed E-state index contributed by atoms with van der Waals surface area (Å²) in [5, 5.41) is 8.05. The Morgan fingerprint density at radius 3 is 1.13 bits per heavy atom. The summed E-state index contributed by atoms with van der Waals surface area (Å²) in [6.45, 7) is 4.45. The van der Waals surface area contributed by atoms with Gasteiger partial charge < -0.3 is 0 Å². The molecular formula is C21H23NP+. The Balaban J connectivity index is 2.30. The SMILES string of the molecule is CC(C)N[P+](c1ccccc1)(c1ccccc1)c1ccccc1. The third kappa shape index (κ3) is 3.22. The van der Waals surface area contributed by atoms with E-state index in [-0.39, 0.29) is 0 Å². The summed E-state index contributed by atoms with van der Waals surface area (Å²) in [6, 6.07) is 33.0. The normalized spacial score (nSPS) is 11.6. The summed E-state index contributed by atoms with van der Waals surface area (Å²) in [4.78, 5) is 0. The molecule has 0 saturated carbocycles. The van der Waals surface area contributed by atoms with Gasteiger partial charge in [0.1, 0.15) is 15.9 Å². The molecular weight excluding hydrogens is 297 g/mol. The Hall–Kier alpha value is -1.95. The number of rotatable bonds is 5. The van der Waals surface area contributed by atoms with E-state index in [0.29, 0.717) is 6.04 Å². The lowest BCUT2D eigenvalue weighted by molar-refractivity contribution is 0.761. The average Bonchev–Trinajstić information content (AvgIpc) is 2.62. The van der Waals surface area contributed by atoms with Gasteiger partial charge in [-0.2, -0.15) is 5.09 Å². The highest BCUT2D eigenvalue weighted by Gasteiger charge is 2.46. The van der Waals surface area contributed by atoms with Gasteiger partial charge in [0.05, 0.1) is 0 Å². The van der Waals surface area contributed by atoms with E-state index in [2.05, 4.69) is 110 Å². The molecule has 0 bridgehead atoms. The van der Waals surface area contributed by atoms with Crippen LogP contribution in [0.1, 0.15) is 13.8 Å². The first-order chi connectivity index (χ1) is 11.2. The molecule has 23 heavy (non-hydrogen) atoms. The minimum atomic E-state index is -1.86. The lowest BCUT2D eigenvalue weighted by Gasteiger charge is -2.29. The van der Waals surface area contributed by atoms with Crippen molar-refractivity contribution in [1.82, 2.24) is 5.09 Å². The van der Waals surface area contributed by atoms with E-state index in [4.69, 9.17) is 0 Å². The zero-order valence-corrected chi connectivity index (χ0v) is 14.6. The predicted octanol–water partition coefficient (Wildman–Crippen LogP) is 3.89. The maximum absolute atomic E-state index is 3.95. The van der Waals surface area contributed by atoms with Crippen LogP contribution >= 0.6 is 7.41 Å². The van der Waals surface area contributed by atoms with Gasteiger partial charge >= 0.3 is 0 Å². The fourth-order valence-corrected chi connectivity index (χ4v) is 6.99. The molecule has 0 aliphatic heterocycles. The van der Waals surface area contributed by atoms with Crippen molar-refractivity contribution in [3.63, 3.8) is 0 Å². The van der Waals surface area contributed by atoms with Gasteiger partial charge in [0.2, 0.25) is 0 Å². The van der Waals surface area contributed by atoms with Crippen molar-refractivity contribution in [2.45, 2.75) is 19.9 Å². The molecule has 0 unspecified atom stereocenters. The second-order valence-electron chi connectivity index (χ2n) is 5.96. The number of hydrogen-bond acceptors (Lipinski definition) is 1. The Bertz CT molecular complexity index is 627. The van der Waals surface area contributed by atoms with Crippen LogP contribution in [0.4, 0.5) is 0 Å². The lowest BCUT2D eigenvalue weighted by atomic mass is 10.4. The van der Waals surface area contributed by atoms with E-state index >= 15 is 0 Å². The topological polar surface area (TPSA) is 12.0 Å². The van der Waals surface area contributed by atoms with E-state index < -0.39 is 7.41 Å². The second kappa shape index (κ2) is 7.08. The molecule has 3 rings (SSSR count). The predicted molar refractivity (Wildman–Crippen MR) is 103 cm³/mol. The van der Waals surface area contributed by atoms with Crippen LogP contribution in [0.3, 0.4) is 0 Å². The molecule has 0 atom stereocenters. The zero-order valence-electron chi connectivity index (χ0n) is 13.7. The molecule has 116 valence electrons. The Labute approximate surface area is 139 Å². The van der Waals surface area contributed by atoms with Gasteiger partial charge in [-0.3, -0.25) is 0 Å². The standard InChI is InChI=1S/C21H23NP/c1-18(2)22-23(19-12-6-3-7-13-19,20-14-8-4-9-15-20)21-16-10-5-11-17-21/h3-18,22H,1-2H3/q+1. The van der Waals surface area contributed by atoms with Gasteiger partial charge in [0.15, 0.2) is 7.41 Å². The third-order valence-electron chi connectivity index (χ3n) is 3.88. The van der Waals surface area contributed by atoms with Gasteiger partial charge in [0, 0.05) is 6.04 Å². The van der Waals surface area contributed by atoms with Crippen LogP contribution in [0.15, 0.2) is 91.0 Å². The number of hydrogen-bond donors (Lipinski definition) is 1. The van der Waals surface area contributed by atoms with Crippen LogP contribution in [0.25, 0.3) is 0 Å². The molecule has 0 radical (unpaired) electrons. The summed E-state index contributed by atoms with van der Waals surface area (Å²) < 4.78 is 0. The molecule has 3 aromatic rings. The van der Waals surface area contributed by atoms with Gasteiger partial charge in [-0.05, 0) is 50.2 Å². The maximum Gasteiger partial charge on any atom is 0.178 e. The largest absolute Gasteiger partial charge is 0.178 e. The third-order valence-corrected chi connectivity index (χ3v) is 8.00. The van der Waals surface area contributed by atoms with Crippen LogP contribution in [-0.4, -0.2) is 6.04 Å². The Kier molecular flexibility index (Phi) is 4.91. The van der Waals surface area contributed by atoms with E-state index in [1.165, 1.54) is 15.9 Å². The molecule has 0 fully saturated rings. The molecule has 0 amide bonds. The fraction of sp³-hybridized carbons (Fsp3) is 0.143. The summed E-state index contributed by atoms with van der Waals surface area (Å²) in [5.74, 6) is 0. The monoisotopic (exact) mass is 320 g/mol. The van der Waals surface area contributed by atoms with Crippen molar-refractivity contribution in [2.24, 2.45) is 0 Å². The molecule has 1 N–H and O–H groups in total. The fourth-order valence-electron chi connectivity index (χ4n) is 3.01. The zero-order chi connectivity index (χ0) is 16.1. The molecule has 0 aliphatic carbocycles. The van der Waals surface area contributed by atoms with Gasteiger partial charge in [-0.25, -0.2) is 0 Å². The van der Waals surface area contributed by atoms with Crippen LogP contribution in [0.2, 0.25) is 0 Å². The smallest absolute Gasteiger partial charge is 0.176 e.